The second-order valence-corrected chi connectivity index (χ2v) is 8.04. The molecule has 0 radical (unpaired) electrons. The van der Waals surface area contributed by atoms with Crippen LogP contribution in [0.15, 0.2) is 77.5 Å². The van der Waals surface area contributed by atoms with Crippen LogP contribution in [-0.2, 0) is 9.59 Å². The molecule has 0 spiro atoms. The monoisotopic (exact) mass is 461 g/mol. The van der Waals surface area contributed by atoms with Crippen molar-refractivity contribution in [1.82, 2.24) is 0 Å². The number of phenolic OH excluding ortho intramolecular Hbond substituents is 1. The molecule has 1 aliphatic heterocycles. The van der Waals surface area contributed by atoms with Crippen molar-refractivity contribution in [1.29, 1.82) is 0 Å². The van der Waals surface area contributed by atoms with Crippen LogP contribution in [-0.4, -0.2) is 22.8 Å². The number of amides is 3. The van der Waals surface area contributed by atoms with Gasteiger partial charge in [0.25, 0.3) is 17.7 Å². The van der Waals surface area contributed by atoms with Crippen molar-refractivity contribution in [3.8, 4) is 5.75 Å². The molecule has 0 unspecified atom stereocenters. The number of nitrogens with zero attached hydrogens (tertiary/aromatic N) is 1. The highest BCUT2D eigenvalue weighted by Gasteiger charge is 2.39. The van der Waals surface area contributed by atoms with Crippen LogP contribution in [0.3, 0.4) is 0 Å². The number of aromatic hydroxyl groups is 1. The molecule has 0 aliphatic carbocycles. The highest BCUT2D eigenvalue weighted by Crippen LogP contribution is 2.31. The van der Waals surface area contributed by atoms with Crippen LogP contribution in [0.2, 0.25) is 0 Å². The second-order valence-electron chi connectivity index (χ2n) is 7.66. The molecule has 3 N–H and O–H groups in total. The Kier molecular flexibility index (Phi) is 5.89. The van der Waals surface area contributed by atoms with Crippen LogP contribution in [0.5, 0.6) is 5.75 Å². The van der Waals surface area contributed by atoms with E-state index in [1.165, 1.54) is 12.1 Å². The molecule has 3 amide bonds. The SMILES string of the molecule is Cc1cc(C)cc(N2C(=O)C(Cl)=C(Nc3cccc(C(=O)Nc4ccccc4O)c3)C2=O)c1. The number of hydrogen-bond donors (Lipinski definition) is 3. The van der Waals surface area contributed by atoms with Gasteiger partial charge in [0.05, 0.1) is 11.4 Å². The van der Waals surface area contributed by atoms with Gasteiger partial charge in [0, 0.05) is 11.3 Å². The second kappa shape index (κ2) is 8.80. The largest absolute Gasteiger partial charge is 0.506 e. The molecule has 0 saturated carbocycles. The molecule has 0 aromatic heterocycles. The summed E-state index contributed by atoms with van der Waals surface area (Å²) < 4.78 is 0. The predicted octanol–water partition coefficient (Wildman–Crippen LogP) is 4.70. The number of phenols is 1. The summed E-state index contributed by atoms with van der Waals surface area (Å²) in [5.41, 5.74) is 3.14. The first-order valence-corrected chi connectivity index (χ1v) is 10.5. The first kappa shape index (κ1) is 22.1. The lowest BCUT2D eigenvalue weighted by molar-refractivity contribution is -0.120. The molecule has 0 saturated heterocycles. The van der Waals surface area contributed by atoms with Crippen molar-refractivity contribution in [2.45, 2.75) is 13.8 Å². The molecule has 4 rings (SSSR count). The van der Waals surface area contributed by atoms with Crippen LogP contribution < -0.4 is 15.5 Å². The summed E-state index contributed by atoms with van der Waals surface area (Å²) >= 11 is 6.22. The Balaban J connectivity index is 1.56. The minimum atomic E-state index is -0.623. The number of hydrogen-bond acceptors (Lipinski definition) is 5. The van der Waals surface area contributed by atoms with Crippen LogP contribution in [0, 0.1) is 13.8 Å². The first-order valence-electron chi connectivity index (χ1n) is 10.1. The van der Waals surface area contributed by atoms with E-state index in [1.807, 2.05) is 19.9 Å². The molecule has 166 valence electrons. The number of carbonyl (C=O) groups excluding carboxylic acids is 3. The number of anilines is 3. The number of benzene rings is 3. The van der Waals surface area contributed by atoms with E-state index in [-0.39, 0.29) is 27.7 Å². The van der Waals surface area contributed by atoms with Crippen molar-refractivity contribution in [3.05, 3.63) is 94.1 Å². The molecule has 0 bridgehead atoms. The minimum absolute atomic E-state index is 0.0568. The van der Waals surface area contributed by atoms with E-state index >= 15 is 0 Å². The van der Waals surface area contributed by atoms with Crippen molar-refractivity contribution in [2.24, 2.45) is 0 Å². The number of carbonyl (C=O) groups is 3. The molecule has 33 heavy (non-hydrogen) atoms. The Bertz CT molecular complexity index is 1310. The molecule has 3 aromatic rings. The van der Waals surface area contributed by atoms with E-state index in [0.717, 1.165) is 16.0 Å². The zero-order valence-corrected chi connectivity index (χ0v) is 18.6. The first-order chi connectivity index (χ1) is 15.7. The topological polar surface area (TPSA) is 98.7 Å². The van der Waals surface area contributed by atoms with E-state index in [1.54, 1.807) is 48.5 Å². The van der Waals surface area contributed by atoms with Crippen molar-refractivity contribution >= 4 is 46.4 Å². The van der Waals surface area contributed by atoms with Crippen LogP contribution in [0.25, 0.3) is 0 Å². The van der Waals surface area contributed by atoms with Gasteiger partial charge in [-0.05, 0) is 67.4 Å². The summed E-state index contributed by atoms with van der Waals surface area (Å²) in [7, 11) is 0. The third kappa shape index (κ3) is 4.44. The van der Waals surface area contributed by atoms with Gasteiger partial charge in [0.1, 0.15) is 16.5 Å². The smallest absolute Gasteiger partial charge is 0.283 e. The van der Waals surface area contributed by atoms with Crippen LogP contribution >= 0.6 is 11.6 Å². The lowest BCUT2D eigenvalue weighted by Gasteiger charge is -2.16. The fourth-order valence-corrected chi connectivity index (χ4v) is 3.79. The maximum absolute atomic E-state index is 13.0. The van der Waals surface area contributed by atoms with E-state index in [4.69, 9.17) is 11.6 Å². The van der Waals surface area contributed by atoms with Gasteiger partial charge in [-0.3, -0.25) is 14.4 Å². The summed E-state index contributed by atoms with van der Waals surface area (Å²) in [5.74, 6) is -1.72. The fraction of sp³-hybridized carbons (Fsp3) is 0.0800. The lowest BCUT2D eigenvalue weighted by Crippen LogP contribution is -2.32. The van der Waals surface area contributed by atoms with Gasteiger partial charge in [-0.15, -0.1) is 0 Å². The number of rotatable bonds is 5. The van der Waals surface area contributed by atoms with Gasteiger partial charge in [0.2, 0.25) is 0 Å². The number of para-hydroxylation sites is 2. The fourth-order valence-electron chi connectivity index (χ4n) is 3.58. The quantitative estimate of drug-likeness (QED) is 0.378. The number of halogens is 1. The predicted molar refractivity (Wildman–Crippen MR) is 127 cm³/mol. The molecule has 3 aromatic carbocycles. The van der Waals surface area contributed by atoms with Gasteiger partial charge in [-0.25, -0.2) is 4.90 Å². The molecule has 8 heteroatoms. The van der Waals surface area contributed by atoms with Gasteiger partial charge in [-0.1, -0.05) is 35.9 Å². The Morgan fingerprint density at radius 2 is 1.61 bits per heavy atom. The zero-order chi connectivity index (χ0) is 23.7. The molecule has 1 aliphatic rings. The highest BCUT2D eigenvalue weighted by atomic mass is 35.5. The number of aryl methyl sites for hydroxylation is 2. The summed E-state index contributed by atoms with van der Waals surface area (Å²) in [6.45, 7) is 3.75. The lowest BCUT2D eigenvalue weighted by atomic mass is 10.1. The van der Waals surface area contributed by atoms with Gasteiger partial charge in [0.15, 0.2) is 0 Å². The van der Waals surface area contributed by atoms with E-state index in [2.05, 4.69) is 10.6 Å². The molecule has 0 fully saturated rings. The van der Waals surface area contributed by atoms with Crippen LogP contribution in [0.4, 0.5) is 17.1 Å². The highest BCUT2D eigenvalue weighted by molar-refractivity contribution is 6.53. The molecular formula is C25H20ClN3O4. The Morgan fingerprint density at radius 1 is 0.909 bits per heavy atom. The third-order valence-corrected chi connectivity index (χ3v) is 5.39. The Labute approximate surface area is 195 Å². The minimum Gasteiger partial charge on any atom is -0.506 e. The third-order valence-electron chi connectivity index (χ3n) is 5.04. The van der Waals surface area contributed by atoms with E-state index < -0.39 is 17.7 Å². The summed E-state index contributed by atoms with van der Waals surface area (Å²) in [6.07, 6.45) is 0. The maximum atomic E-state index is 13.0. The van der Waals surface area contributed by atoms with Gasteiger partial charge >= 0.3 is 0 Å². The Hall–Kier alpha value is -4.10. The average Bonchev–Trinajstić information content (AvgIpc) is 2.98. The van der Waals surface area contributed by atoms with Gasteiger partial charge in [-0.2, -0.15) is 0 Å². The summed E-state index contributed by atoms with van der Waals surface area (Å²) in [5, 5.41) is 15.1. The van der Waals surface area contributed by atoms with Crippen molar-refractivity contribution in [3.63, 3.8) is 0 Å². The average molecular weight is 462 g/mol. The van der Waals surface area contributed by atoms with Crippen molar-refractivity contribution < 1.29 is 19.5 Å². The molecule has 0 atom stereocenters. The van der Waals surface area contributed by atoms with Gasteiger partial charge < -0.3 is 15.7 Å². The molecular weight excluding hydrogens is 442 g/mol. The van der Waals surface area contributed by atoms with Crippen molar-refractivity contribution in [2.75, 3.05) is 15.5 Å². The number of imide groups is 1. The summed E-state index contributed by atoms with van der Waals surface area (Å²) in [6, 6.07) is 18.2. The van der Waals surface area contributed by atoms with E-state index in [0.29, 0.717) is 11.4 Å². The maximum Gasteiger partial charge on any atom is 0.283 e. The Morgan fingerprint density at radius 3 is 2.30 bits per heavy atom. The zero-order valence-electron chi connectivity index (χ0n) is 17.8. The standard InChI is InChI=1S/C25H20ClN3O4/c1-14-10-15(2)12-18(11-14)29-24(32)21(26)22(25(29)33)27-17-7-5-6-16(13-17)23(31)28-19-8-3-4-9-20(19)30/h3-13,27,30H,1-2H3,(H,28,31). The summed E-state index contributed by atoms with van der Waals surface area (Å²) in [4.78, 5) is 39.4. The molecule has 1 heterocycles. The number of nitrogens with one attached hydrogen (secondary N) is 2. The van der Waals surface area contributed by atoms with Crippen LogP contribution in [0.1, 0.15) is 21.5 Å². The van der Waals surface area contributed by atoms with E-state index in [9.17, 15) is 19.5 Å². The molecule has 7 nitrogen and oxygen atoms in total. The normalized spacial score (nSPS) is 13.5.